The number of alkyl halides is 5. The molecule has 1 N–H and O–H groups in total. The Morgan fingerprint density at radius 3 is 2.00 bits per heavy atom. The highest BCUT2D eigenvalue weighted by atomic mass is 19.4. The summed E-state index contributed by atoms with van der Waals surface area (Å²) in [6.07, 6.45) is -1.81. The maximum absolute atomic E-state index is 12.9. The number of nitrogens with zero attached hydrogens (tertiary/aromatic N) is 1. The Bertz CT molecular complexity index is 348. The lowest BCUT2D eigenvalue weighted by molar-refractivity contribution is -0.269. The lowest BCUT2D eigenvalue weighted by Gasteiger charge is -2.43. The molecule has 0 spiro atoms. The first-order valence-electron chi connectivity index (χ1n) is 6.43. The predicted molar refractivity (Wildman–Crippen MR) is 63.5 cm³/mol. The maximum Gasteiger partial charge on any atom is 0.463 e. The van der Waals surface area contributed by atoms with Gasteiger partial charge in [-0.25, -0.2) is 0 Å². The van der Waals surface area contributed by atoms with Crippen LogP contribution in [-0.4, -0.2) is 49.1 Å². The molecule has 0 aromatic heterocycles. The maximum atomic E-state index is 12.9. The minimum Gasteiger partial charge on any atom is -0.349 e. The monoisotopic (exact) mass is 302 g/mol. The van der Waals surface area contributed by atoms with E-state index in [0.29, 0.717) is 12.8 Å². The SMILES string of the molecule is CN(C)C1(CNC(=O)C(F)(F)C(F)(F)F)CCCCC1. The molecule has 0 unspecified atom stereocenters. The molecule has 1 amide bonds. The van der Waals surface area contributed by atoms with Gasteiger partial charge in [-0.1, -0.05) is 19.3 Å². The molecule has 1 aliphatic rings. The zero-order valence-corrected chi connectivity index (χ0v) is 11.5. The van der Waals surface area contributed by atoms with Crippen molar-refractivity contribution in [1.82, 2.24) is 10.2 Å². The first kappa shape index (κ1) is 17.1. The van der Waals surface area contributed by atoms with Crippen LogP contribution in [0.4, 0.5) is 22.0 Å². The minimum absolute atomic E-state index is 0.204. The van der Waals surface area contributed by atoms with Crippen molar-refractivity contribution in [3.05, 3.63) is 0 Å². The smallest absolute Gasteiger partial charge is 0.349 e. The van der Waals surface area contributed by atoms with Gasteiger partial charge in [0.1, 0.15) is 0 Å². The van der Waals surface area contributed by atoms with Crippen molar-refractivity contribution in [3.8, 4) is 0 Å². The number of carbonyl (C=O) groups is 1. The van der Waals surface area contributed by atoms with Crippen molar-refractivity contribution < 1.29 is 26.7 Å². The minimum atomic E-state index is -5.87. The molecular formula is C12H19F5N2O. The molecule has 0 aliphatic heterocycles. The Morgan fingerprint density at radius 1 is 1.10 bits per heavy atom. The molecule has 0 bridgehead atoms. The summed E-state index contributed by atoms with van der Waals surface area (Å²) < 4.78 is 62.0. The normalized spacial score (nSPS) is 20.0. The summed E-state index contributed by atoms with van der Waals surface area (Å²) in [4.78, 5) is 12.9. The summed E-state index contributed by atoms with van der Waals surface area (Å²) in [6.45, 7) is -0.204. The summed E-state index contributed by atoms with van der Waals surface area (Å²) in [5, 5.41) is 1.77. The van der Waals surface area contributed by atoms with Crippen LogP contribution in [0.1, 0.15) is 32.1 Å². The third kappa shape index (κ3) is 3.39. The zero-order valence-electron chi connectivity index (χ0n) is 11.5. The van der Waals surface area contributed by atoms with Crippen LogP contribution in [0.2, 0.25) is 0 Å². The molecule has 0 atom stereocenters. The molecular weight excluding hydrogens is 283 g/mol. The van der Waals surface area contributed by atoms with E-state index in [1.165, 1.54) is 0 Å². The molecule has 1 rings (SSSR count). The van der Waals surface area contributed by atoms with Crippen LogP contribution in [0.5, 0.6) is 0 Å². The van der Waals surface area contributed by atoms with Crippen molar-refractivity contribution in [2.24, 2.45) is 0 Å². The molecule has 3 nitrogen and oxygen atoms in total. The summed E-state index contributed by atoms with van der Waals surface area (Å²) in [5.74, 6) is -7.63. The van der Waals surface area contributed by atoms with E-state index in [9.17, 15) is 26.7 Å². The molecule has 0 heterocycles. The third-order valence-electron chi connectivity index (χ3n) is 3.95. The number of hydrogen-bond acceptors (Lipinski definition) is 2. The van der Waals surface area contributed by atoms with Crippen LogP contribution in [0.25, 0.3) is 0 Å². The van der Waals surface area contributed by atoms with Gasteiger partial charge in [-0.3, -0.25) is 4.79 Å². The van der Waals surface area contributed by atoms with E-state index in [2.05, 4.69) is 0 Å². The summed E-state index contributed by atoms with van der Waals surface area (Å²) in [6, 6.07) is 0. The number of carbonyl (C=O) groups excluding carboxylic acids is 1. The van der Waals surface area contributed by atoms with E-state index < -0.39 is 23.5 Å². The fraction of sp³-hybridized carbons (Fsp3) is 0.917. The van der Waals surface area contributed by atoms with E-state index >= 15 is 0 Å². The number of rotatable bonds is 4. The van der Waals surface area contributed by atoms with Gasteiger partial charge in [-0.15, -0.1) is 0 Å². The number of amides is 1. The van der Waals surface area contributed by atoms with Crippen LogP contribution in [0.15, 0.2) is 0 Å². The number of halogens is 5. The molecule has 0 saturated heterocycles. The molecule has 0 aromatic rings. The van der Waals surface area contributed by atoms with Gasteiger partial charge < -0.3 is 10.2 Å². The third-order valence-corrected chi connectivity index (χ3v) is 3.95. The number of likely N-dealkylation sites (N-methyl/N-ethyl adjacent to an activating group) is 1. The van der Waals surface area contributed by atoms with Crippen molar-refractivity contribution in [2.45, 2.75) is 49.7 Å². The highest BCUT2D eigenvalue weighted by Crippen LogP contribution is 2.36. The quantitative estimate of drug-likeness (QED) is 0.810. The lowest BCUT2D eigenvalue weighted by atomic mass is 9.80. The van der Waals surface area contributed by atoms with E-state index in [-0.39, 0.29) is 6.54 Å². The standard InChI is InChI=1S/C12H19F5N2O/c1-19(2)10(6-4-3-5-7-10)8-18-9(20)11(13,14)12(15,16)17/h3-8H2,1-2H3,(H,18,20). The van der Waals surface area contributed by atoms with Gasteiger partial charge in [0.2, 0.25) is 0 Å². The predicted octanol–water partition coefficient (Wildman–Crippen LogP) is 2.56. The van der Waals surface area contributed by atoms with Gasteiger partial charge in [0.25, 0.3) is 5.91 Å². The Morgan fingerprint density at radius 2 is 1.60 bits per heavy atom. The Hall–Kier alpha value is -0.920. The Balaban J connectivity index is 2.71. The Kier molecular flexibility index (Phi) is 4.99. The van der Waals surface area contributed by atoms with E-state index in [4.69, 9.17) is 0 Å². The van der Waals surface area contributed by atoms with Crippen molar-refractivity contribution in [1.29, 1.82) is 0 Å². The van der Waals surface area contributed by atoms with Gasteiger partial charge in [0.05, 0.1) is 0 Å². The molecule has 0 radical (unpaired) electrons. The number of nitrogens with one attached hydrogen (secondary N) is 1. The van der Waals surface area contributed by atoms with Crippen LogP contribution in [0, 0.1) is 0 Å². The van der Waals surface area contributed by atoms with Gasteiger partial charge >= 0.3 is 12.1 Å². The van der Waals surface area contributed by atoms with Crippen molar-refractivity contribution in [2.75, 3.05) is 20.6 Å². The molecule has 1 fully saturated rings. The van der Waals surface area contributed by atoms with Gasteiger partial charge in [-0.05, 0) is 26.9 Å². The molecule has 20 heavy (non-hydrogen) atoms. The number of hydrogen-bond donors (Lipinski definition) is 1. The fourth-order valence-corrected chi connectivity index (χ4v) is 2.48. The fourth-order valence-electron chi connectivity index (χ4n) is 2.48. The van der Waals surface area contributed by atoms with Crippen LogP contribution in [0.3, 0.4) is 0 Å². The lowest BCUT2D eigenvalue weighted by Crippen LogP contribution is -2.58. The van der Waals surface area contributed by atoms with Gasteiger partial charge in [0.15, 0.2) is 0 Å². The van der Waals surface area contributed by atoms with Crippen LogP contribution >= 0.6 is 0 Å². The van der Waals surface area contributed by atoms with E-state index in [1.54, 1.807) is 24.3 Å². The highest BCUT2D eigenvalue weighted by Gasteiger charge is 2.63. The van der Waals surface area contributed by atoms with Gasteiger partial charge in [0, 0.05) is 12.1 Å². The first-order chi connectivity index (χ1) is 9.03. The molecule has 1 aliphatic carbocycles. The molecule has 118 valence electrons. The van der Waals surface area contributed by atoms with Crippen LogP contribution in [-0.2, 0) is 4.79 Å². The summed E-state index contributed by atoms with van der Waals surface area (Å²) >= 11 is 0. The van der Waals surface area contributed by atoms with E-state index in [1.807, 2.05) is 0 Å². The largest absolute Gasteiger partial charge is 0.463 e. The van der Waals surface area contributed by atoms with Crippen molar-refractivity contribution >= 4 is 5.91 Å². The molecule has 1 saturated carbocycles. The second-order valence-corrected chi connectivity index (χ2v) is 5.43. The molecule has 8 heteroatoms. The second-order valence-electron chi connectivity index (χ2n) is 5.43. The highest BCUT2D eigenvalue weighted by molar-refractivity contribution is 5.84. The van der Waals surface area contributed by atoms with Crippen LogP contribution < -0.4 is 5.32 Å². The first-order valence-corrected chi connectivity index (χ1v) is 6.43. The average molecular weight is 302 g/mol. The second kappa shape index (κ2) is 5.83. The summed E-state index contributed by atoms with van der Waals surface area (Å²) in [5.41, 5.74) is -0.546. The topological polar surface area (TPSA) is 32.3 Å². The molecule has 0 aromatic carbocycles. The van der Waals surface area contributed by atoms with Crippen molar-refractivity contribution in [3.63, 3.8) is 0 Å². The summed E-state index contributed by atoms with van der Waals surface area (Å²) in [7, 11) is 3.47. The zero-order chi connectivity index (χ0) is 15.6. The van der Waals surface area contributed by atoms with Gasteiger partial charge in [-0.2, -0.15) is 22.0 Å². The average Bonchev–Trinajstić information content (AvgIpc) is 2.35. The Labute approximate surface area is 114 Å². The van der Waals surface area contributed by atoms with E-state index in [0.717, 1.165) is 19.3 Å².